The highest BCUT2D eigenvalue weighted by atomic mass is 19.4. The minimum Gasteiger partial charge on any atom is -0.354 e. The lowest BCUT2D eigenvalue weighted by Crippen LogP contribution is -2.23. The van der Waals surface area contributed by atoms with Crippen LogP contribution in [0, 0.1) is 12.7 Å². The molecule has 0 atom stereocenters. The molecule has 12 heteroatoms. The van der Waals surface area contributed by atoms with E-state index in [-0.39, 0.29) is 22.8 Å². The number of halogens is 4. The number of benzene rings is 1. The predicted molar refractivity (Wildman–Crippen MR) is 105 cm³/mol. The van der Waals surface area contributed by atoms with Gasteiger partial charge in [-0.25, -0.2) is 14.9 Å². The number of nitrogens with zero attached hydrogens (tertiary/aromatic N) is 3. The number of hydrogen-bond acceptors (Lipinski definition) is 6. The van der Waals surface area contributed by atoms with Crippen molar-refractivity contribution in [3.8, 4) is 0 Å². The number of nitrogens with one attached hydrogen (secondary N) is 3. The van der Waals surface area contributed by atoms with Crippen LogP contribution >= 0.6 is 0 Å². The fourth-order valence-corrected chi connectivity index (χ4v) is 2.82. The third-order valence-electron chi connectivity index (χ3n) is 4.18. The molecule has 0 bridgehead atoms. The summed E-state index contributed by atoms with van der Waals surface area (Å²) in [6.45, 7) is 1.73. The summed E-state index contributed by atoms with van der Waals surface area (Å²) < 4.78 is 55.8. The summed E-state index contributed by atoms with van der Waals surface area (Å²) in [5.41, 5.74) is 1.43. The van der Waals surface area contributed by atoms with E-state index < -0.39 is 23.5 Å². The Kier molecular flexibility index (Phi) is 6.11. The highest BCUT2D eigenvalue weighted by Gasteiger charge is 2.34. The minimum atomic E-state index is -4.73. The molecule has 164 valence electrons. The van der Waals surface area contributed by atoms with Gasteiger partial charge >= 0.3 is 6.18 Å². The van der Waals surface area contributed by atoms with Crippen LogP contribution in [-0.2, 0) is 18.1 Å². The van der Waals surface area contributed by atoms with Crippen LogP contribution in [-0.4, -0.2) is 27.8 Å². The lowest BCUT2D eigenvalue weighted by atomic mass is 10.1. The number of hydroxylamine groups is 1. The summed E-state index contributed by atoms with van der Waals surface area (Å²) in [5, 5.41) is 9.61. The van der Waals surface area contributed by atoms with E-state index in [1.807, 2.05) is 5.48 Å². The zero-order valence-corrected chi connectivity index (χ0v) is 16.6. The van der Waals surface area contributed by atoms with Crippen molar-refractivity contribution >= 4 is 28.8 Å². The van der Waals surface area contributed by atoms with Crippen molar-refractivity contribution in [3.63, 3.8) is 0 Å². The number of aromatic nitrogens is 3. The molecule has 3 aromatic rings. The van der Waals surface area contributed by atoms with Crippen LogP contribution < -0.4 is 16.1 Å². The topological polar surface area (TPSA) is 93.1 Å². The van der Waals surface area contributed by atoms with Crippen molar-refractivity contribution in [2.75, 3.05) is 17.7 Å². The Morgan fingerprint density at radius 2 is 1.87 bits per heavy atom. The second kappa shape index (κ2) is 8.60. The third-order valence-corrected chi connectivity index (χ3v) is 4.18. The number of amides is 1. The molecular weight excluding hydrogens is 420 g/mol. The van der Waals surface area contributed by atoms with Gasteiger partial charge in [0.25, 0.3) is 5.91 Å². The summed E-state index contributed by atoms with van der Waals surface area (Å²) in [6.07, 6.45) is -2.42. The van der Waals surface area contributed by atoms with E-state index in [1.54, 1.807) is 24.9 Å². The van der Waals surface area contributed by atoms with Crippen LogP contribution in [0.2, 0.25) is 0 Å². The van der Waals surface area contributed by atoms with Gasteiger partial charge in [-0.2, -0.15) is 18.3 Å². The Hall–Kier alpha value is -3.67. The Bertz CT molecular complexity index is 1110. The number of aryl methyl sites for hydroxylation is 2. The maximum Gasteiger partial charge on any atom is 0.419 e. The maximum atomic E-state index is 13.6. The molecule has 1 amide bonds. The van der Waals surface area contributed by atoms with Crippen LogP contribution in [0.4, 0.5) is 40.4 Å². The molecule has 0 radical (unpaired) electrons. The molecule has 31 heavy (non-hydrogen) atoms. The first-order valence-electron chi connectivity index (χ1n) is 8.83. The van der Waals surface area contributed by atoms with Gasteiger partial charge in [-0.15, -0.1) is 0 Å². The number of alkyl halides is 3. The van der Waals surface area contributed by atoms with E-state index in [2.05, 4.69) is 25.6 Å². The summed E-state index contributed by atoms with van der Waals surface area (Å²) >= 11 is 0. The molecular formula is C19H18F4N6O2. The van der Waals surface area contributed by atoms with Crippen molar-refractivity contribution in [3.05, 3.63) is 59.3 Å². The number of pyridine rings is 1. The molecule has 3 rings (SSSR count). The van der Waals surface area contributed by atoms with E-state index in [0.717, 1.165) is 24.3 Å². The molecule has 3 N–H and O–H groups in total. The Morgan fingerprint density at radius 1 is 1.13 bits per heavy atom. The van der Waals surface area contributed by atoms with Crippen molar-refractivity contribution < 1.29 is 27.2 Å². The first-order chi connectivity index (χ1) is 14.6. The van der Waals surface area contributed by atoms with Gasteiger partial charge in [0.15, 0.2) is 0 Å². The number of anilines is 4. The van der Waals surface area contributed by atoms with Gasteiger partial charge in [-0.3, -0.25) is 14.3 Å². The second-order valence-corrected chi connectivity index (χ2v) is 6.49. The first kappa shape index (κ1) is 22.0. The van der Waals surface area contributed by atoms with Crippen LogP contribution in [0.25, 0.3) is 0 Å². The van der Waals surface area contributed by atoms with Crippen molar-refractivity contribution in [2.45, 2.75) is 13.1 Å². The van der Waals surface area contributed by atoms with Crippen molar-refractivity contribution in [2.24, 2.45) is 7.05 Å². The first-order valence-corrected chi connectivity index (χ1v) is 8.83. The zero-order chi connectivity index (χ0) is 22.8. The van der Waals surface area contributed by atoms with E-state index in [1.165, 1.54) is 7.11 Å². The molecule has 2 heterocycles. The highest BCUT2D eigenvalue weighted by molar-refractivity contribution is 6.00. The summed E-state index contributed by atoms with van der Waals surface area (Å²) in [7, 11) is 2.87. The van der Waals surface area contributed by atoms with Gasteiger partial charge in [0.1, 0.15) is 11.6 Å². The second-order valence-electron chi connectivity index (χ2n) is 6.49. The van der Waals surface area contributed by atoms with E-state index >= 15 is 0 Å². The fraction of sp³-hybridized carbons (Fsp3) is 0.211. The largest absolute Gasteiger partial charge is 0.419 e. The third kappa shape index (κ3) is 5.09. The van der Waals surface area contributed by atoms with Crippen molar-refractivity contribution in [1.82, 2.24) is 20.2 Å². The summed E-state index contributed by atoms with van der Waals surface area (Å²) in [5.74, 6) is -1.47. The Labute approximate surface area is 174 Å². The normalized spacial score (nSPS) is 11.3. The van der Waals surface area contributed by atoms with Gasteiger partial charge in [0.05, 0.1) is 41.0 Å². The number of rotatable bonds is 6. The molecule has 0 aliphatic rings. The molecule has 2 aromatic heterocycles. The van der Waals surface area contributed by atoms with Crippen LogP contribution in [0.15, 0.2) is 36.7 Å². The monoisotopic (exact) mass is 438 g/mol. The number of carbonyl (C=O) groups is 1. The molecule has 0 aliphatic heterocycles. The van der Waals surface area contributed by atoms with Crippen LogP contribution in [0.1, 0.15) is 21.6 Å². The van der Waals surface area contributed by atoms with E-state index in [0.29, 0.717) is 17.6 Å². The van der Waals surface area contributed by atoms with Gasteiger partial charge in [0, 0.05) is 25.5 Å². The lowest BCUT2D eigenvalue weighted by molar-refractivity contribution is -0.137. The molecule has 8 nitrogen and oxygen atoms in total. The molecule has 0 spiro atoms. The minimum absolute atomic E-state index is 0.0591. The molecule has 0 fully saturated rings. The standard InChI is InChI=1S/C19H18F4N6O2/c1-10-16(9-29(2)27-10)26-17-7-15(13(8-24-17)19(21,22)23)25-14-5-4-11(20)6-12(14)18(30)28-31-3/h4-9H,1-3H3,(H,28,30)(H2,24,25,26). The van der Waals surface area contributed by atoms with Crippen LogP contribution in [0.5, 0.6) is 0 Å². The van der Waals surface area contributed by atoms with Gasteiger partial charge < -0.3 is 10.6 Å². The van der Waals surface area contributed by atoms with Gasteiger partial charge in [0.2, 0.25) is 0 Å². The fourth-order valence-electron chi connectivity index (χ4n) is 2.82. The van der Waals surface area contributed by atoms with Gasteiger partial charge in [-0.1, -0.05) is 0 Å². The van der Waals surface area contributed by atoms with E-state index in [4.69, 9.17) is 0 Å². The molecule has 1 aromatic carbocycles. The Morgan fingerprint density at radius 3 is 2.48 bits per heavy atom. The SMILES string of the molecule is CONC(=O)c1cc(F)ccc1Nc1cc(Nc2cn(C)nc2C)ncc1C(F)(F)F. The number of hydrogen-bond donors (Lipinski definition) is 3. The number of carbonyl (C=O) groups excluding carboxylic acids is 1. The van der Waals surface area contributed by atoms with Crippen LogP contribution in [0.3, 0.4) is 0 Å². The lowest BCUT2D eigenvalue weighted by Gasteiger charge is -2.17. The molecule has 0 saturated carbocycles. The predicted octanol–water partition coefficient (Wildman–Crippen LogP) is 4.06. The summed E-state index contributed by atoms with van der Waals surface area (Å²) in [6, 6.07) is 4.18. The molecule has 0 aliphatic carbocycles. The maximum absolute atomic E-state index is 13.6. The average Bonchev–Trinajstić information content (AvgIpc) is 2.99. The average molecular weight is 438 g/mol. The summed E-state index contributed by atoms with van der Waals surface area (Å²) in [4.78, 5) is 20.5. The van der Waals surface area contributed by atoms with Crippen molar-refractivity contribution in [1.29, 1.82) is 0 Å². The quantitative estimate of drug-likeness (QED) is 0.397. The molecule has 0 unspecified atom stereocenters. The Balaban J connectivity index is 2.03. The van der Waals surface area contributed by atoms with E-state index in [9.17, 15) is 22.4 Å². The zero-order valence-electron chi connectivity index (χ0n) is 16.6. The highest BCUT2D eigenvalue weighted by Crippen LogP contribution is 2.37. The smallest absolute Gasteiger partial charge is 0.354 e. The molecule has 0 saturated heterocycles. The van der Waals surface area contributed by atoms with Gasteiger partial charge in [-0.05, 0) is 25.1 Å².